The number of rotatable bonds is 10. The van der Waals surface area contributed by atoms with E-state index in [1.165, 1.54) is 9.80 Å². The fourth-order valence-electron chi connectivity index (χ4n) is 4.70. The Morgan fingerprint density at radius 3 is 2.34 bits per heavy atom. The quantitative estimate of drug-likeness (QED) is 0.428. The highest BCUT2D eigenvalue weighted by Gasteiger charge is 2.31. The standard InChI is InChI=1S/C28H36N6O7/c1-2-41-28(39)34-12-10-33(11-13-34)27(38)22(8-9-24(35)36)31-26(37)23-18-21(19-32-14-16-40-17-15-32)29-25(30-23)20-6-4-3-5-7-20/h3-7,18,22H,2,8-17,19H2,1H3,(H,31,37)(H,35,36). The van der Waals surface area contributed by atoms with Crippen LogP contribution >= 0.6 is 0 Å². The maximum atomic E-state index is 13.5. The van der Waals surface area contributed by atoms with Gasteiger partial charge < -0.3 is 29.7 Å². The van der Waals surface area contributed by atoms with Crippen LogP contribution in [0.25, 0.3) is 11.4 Å². The molecule has 41 heavy (non-hydrogen) atoms. The molecule has 2 fully saturated rings. The minimum Gasteiger partial charge on any atom is -0.481 e. The predicted molar refractivity (Wildman–Crippen MR) is 147 cm³/mol. The lowest BCUT2D eigenvalue weighted by Crippen LogP contribution is -2.56. The van der Waals surface area contributed by atoms with Crippen LogP contribution in [-0.2, 0) is 25.6 Å². The van der Waals surface area contributed by atoms with Gasteiger partial charge in [0.05, 0.1) is 25.5 Å². The van der Waals surface area contributed by atoms with Crippen LogP contribution in [0.15, 0.2) is 36.4 Å². The molecule has 1 aromatic carbocycles. The third-order valence-electron chi connectivity index (χ3n) is 6.90. The van der Waals surface area contributed by atoms with E-state index in [-0.39, 0.29) is 51.3 Å². The number of aromatic nitrogens is 2. The van der Waals surface area contributed by atoms with E-state index in [4.69, 9.17) is 14.5 Å². The number of morpholine rings is 1. The Morgan fingerprint density at radius 2 is 1.68 bits per heavy atom. The first-order chi connectivity index (χ1) is 19.8. The molecule has 2 saturated heterocycles. The second-order valence-electron chi connectivity index (χ2n) is 9.79. The predicted octanol–water partition coefficient (Wildman–Crippen LogP) is 1.24. The average molecular weight is 569 g/mol. The van der Waals surface area contributed by atoms with Gasteiger partial charge in [0.15, 0.2) is 5.82 Å². The van der Waals surface area contributed by atoms with Gasteiger partial charge in [0.25, 0.3) is 5.91 Å². The van der Waals surface area contributed by atoms with E-state index in [0.717, 1.165) is 18.7 Å². The summed E-state index contributed by atoms with van der Waals surface area (Å²) in [7, 11) is 0. The number of carboxylic acid groups (broad SMARTS) is 1. The van der Waals surface area contributed by atoms with Crippen molar-refractivity contribution >= 4 is 23.9 Å². The van der Waals surface area contributed by atoms with Crippen molar-refractivity contribution in [2.45, 2.75) is 32.4 Å². The van der Waals surface area contributed by atoms with E-state index in [0.29, 0.717) is 31.3 Å². The van der Waals surface area contributed by atoms with Crippen LogP contribution in [0.2, 0.25) is 0 Å². The van der Waals surface area contributed by atoms with Crippen molar-refractivity contribution in [3.63, 3.8) is 0 Å². The minimum atomic E-state index is -1.08. The molecule has 4 rings (SSSR count). The third-order valence-corrected chi connectivity index (χ3v) is 6.90. The van der Waals surface area contributed by atoms with E-state index >= 15 is 0 Å². The molecule has 0 aliphatic carbocycles. The molecule has 220 valence electrons. The van der Waals surface area contributed by atoms with Crippen molar-refractivity contribution < 1.29 is 33.8 Å². The van der Waals surface area contributed by atoms with Crippen LogP contribution in [0.3, 0.4) is 0 Å². The Bertz CT molecular complexity index is 1210. The van der Waals surface area contributed by atoms with Gasteiger partial charge in [-0.05, 0) is 19.4 Å². The SMILES string of the molecule is CCOC(=O)N1CCN(C(=O)C(CCC(=O)O)NC(=O)c2cc(CN3CCOCC3)nc(-c3ccccc3)n2)CC1. The summed E-state index contributed by atoms with van der Waals surface area (Å²) in [5, 5.41) is 12.0. The summed E-state index contributed by atoms with van der Waals surface area (Å²) in [6, 6.07) is 9.82. The van der Waals surface area contributed by atoms with Gasteiger partial charge in [0, 0.05) is 57.8 Å². The molecule has 2 N–H and O–H groups in total. The maximum Gasteiger partial charge on any atom is 0.409 e. The van der Waals surface area contributed by atoms with Gasteiger partial charge in [-0.1, -0.05) is 30.3 Å². The van der Waals surface area contributed by atoms with Gasteiger partial charge in [-0.15, -0.1) is 0 Å². The number of nitrogens with one attached hydrogen (secondary N) is 1. The van der Waals surface area contributed by atoms with E-state index in [1.807, 2.05) is 30.3 Å². The highest BCUT2D eigenvalue weighted by atomic mass is 16.6. The van der Waals surface area contributed by atoms with E-state index < -0.39 is 29.9 Å². The Balaban J connectivity index is 1.52. The van der Waals surface area contributed by atoms with Crippen molar-refractivity contribution in [3.8, 4) is 11.4 Å². The monoisotopic (exact) mass is 568 g/mol. The summed E-state index contributed by atoms with van der Waals surface area (Å²) < 4.78 is 10.5. The lowest BCUT2D eigenvalue weighted by Gasteiger charge is -2.35. The summed E-state index contributed by atoms with van der Waals surface area (Å²) >= 11 is 0. The van der Waals surface area contributed by atoms with Crippen LogP contribution in [0.4, 0.5) is 4.79 Å². The average Bonchev–Trinajstić information content (AvgIpc) is 2.99. The summed E-state index contributed by atoms with van der Waals surface area (Å²) in [5.74, 6) is -1.70. The van der Waals surface area contributed by atoms with E-state index in [1.54, 1.807) is 13.0 Å². The zero-order chi connectivity index (χ0) is 29.2. The molecule has 3 heterocycles. The van der Waals surface area contributed by atoms with Crippen LogP contribution in [0.1, 0.15) is 35.9 Å². The molecule has 13 heteroatoms. The molecule has 13 nitrogen and oxygen atoms in total. The number of hydrogen-bond donors (Lipinski definition) is 2. The molecule has 2 aliphatic heterocycles. The molecular formula is C28H36N6O7. The van der Waals surface area contributed by atoms with Gasteiger partial charge in [0.2, 0.25) is 5.91 Å². The molecule has 1 atom stereocenters. The highest BCUT2D eigenvalue weighted by Crippen LogP contribution is 2.18. The fourth-order valence-corrected chi connectivity index (χ4v) is 4.70. The molecule has 0 bridgehead atoms. The number of ether oxygens (including phenoxy) is 2. The molecular weight excluding hydrogens is 532 g/mol. The Hall–Kier alpha value is -4.10. The highest BCUT2D eigenvalue weighted by molar-refractivity contribution is 5.96. The molecule has 0 radical (unpaired) electrons. The van der Waals surface area contributed by atoms with Crippen molar-refractivity contribution in [1.29, 1.82) is 0 Å². The Morgan fingerprint density at radius 1 is 1.00 bits per heavy atom. The van der Waals surface area contributed by atoms with Crippen LogP contribution in [-0.4, -0.2) is 119 Å². The molecule has 0 spiro atoms. The first-order valence-electron chi connectivity index (χ1n) is 13.8. The third kappa shape index (κ3) is 8.44. The van der Waals surface area contributed by atoms with Crippen LogP contribution in [0.5, 0.6) is 0 Å². The zero-order valence-corrected chi connectivity index (χ0v) is 23.2. The summed E-state index contributed by atoms with van der Waals surface area (Å²) in [6.45, 7) is 6.23. The lowest BCUT2D eigenvalue weighted by atomic mass is 10.1. The second-order valence-corrected chi connectivity index (χ2v) is 9.79. The van der Waals surface area contributed by atoms with E-state index in [2.05, 4.69) is 15.2 Å². The van der Waals surface area contributed by atoms with Crippen LogP contribution in [0, 0.1) is 0 Å². The number of piperazine rings is 1. The Labute approximate surface area is 238 Å². The van der Waals surface area contributed by atoms with Gasteiger partial charge in [0.1, 0.15) is 11.7 Å². The smallest absolute Gasteiger partial charge is 0.409 e. The summed E-state index contributed by atoms with van der Waals surface area (Å²) in [6.07, 6.45) is -0.836. The Kier molecular flexibility index (Phi) is 10.6. The van der Waals surface area contributed by atoms with Crippen molar-refractivity contribution in [2.24, 2.45) is 0 Å². The minimum absolute atomic E-state index is 0.0855. The number of nitrogens with zero attached hydrogens (tertiary/aromatic N) is 5. The first-order valence-corrected chi connectivity index (χ1v) is 13.8. The molecule has 2 aliphatic rings. The van der Waals surface area contributed by atoms with Crippen molar-refractivity contribution in [1.82, 2.24) is 30.0 Å². The summed E-state index contributed by atoms with van der Waals surface area (Å²) in [5.41, 5.74) is 1.47. The number of carbonyl (C=O) groups excluding carboxylic acids is 3. The number of carbonyl (C=O) groups is 4. The van der Waals surface area contributed by atoms with E-state index in [9.17, 15) is 24.3 Å². The molecule has 0 saturated carbocycles. The van der Waals surface area contributed by atoms with Gasteiger partial charge in [-0.2, -0.15) is 0 Å². The number of hydrogen-bond acceptors (Lipinski definition) is 9. The maximum absolute atomic E-state index is 13.5. The topological polar surface area (TPSA) is 154 Å². The first kappa shape index (κ1) is 29.9. The van der Waals surface area contributed by atoms with Crippen molar-refractivity contribution in [2.75, 3.05) is 59.1 Å². The molecule has 1 aromatic heterocycles. The number of aliphatic carboxylic acids is 1. The molecule has 3 amide bonds. The van der Waals surface area contributed by atoms with Gasteiger partial charge in [-0.3, -0.25) is 19.3 Å². The lowest BCUT2D eigenvalue weighted by molar-refractivity contribution is -0.138. The molecule has 2 aromatic rings. The number of carboxylic acids is 1. The number of benzene rings is 1. The largest absolute Gasteiger partial charge is 0.481 e. The number of amides is 3. The van der Waals surface area contributed by atoms with Crippen LogP contribution < -0.4 is 5.32 Å². The fraction of sp³-hybridized carbons (Fsp3) is 0.500. The zero-order valence-electron chi connectivity index (χ0n) is 23.2. The van der Waals surface area contributed by atoms with Gasteiger partial charge >= 0.3 is 12.1 Å². The van der Waals surface area contributed by atoms with Crippen molar-refractivity contribution in [3.05, 3.63) is 47.8 Å². The normalized spacial score (nSPS) is 16.6. The van der Waals surface area contributed by atoms with Gasteiger partial charge in [-0.25, -0.2) is 14.8 Å². The summed E-state index contributed by atoms with van der Waals surface area (Å²) in [4.78, 5) is 64.7. The second kappa shape index (κ2) is 14.5. The molecule has 1 unspecified atom stereocenters.